The number of aromatic nitrogens is 3. The number of ether oxygens (including phenoxy) is 1. The molecule has 0 bridgehead atoms. The molecule has 4 rings (SSSR count). The summed E-state index contributed by atoms with van der Waals surface area (Å²) in [6, 6.07) is 15.4. The smallest absolute Gasteiger partial charge is 0.271 e. The Labute approximate surface area is 203 Å². The molecule has 0 unspecified atom stereocenters. The second kappa shape index (κ2) is 10.3. The number of benzene rings is 2. The number of nitrogens with zero attached hydrogens (tertiary/aromatic N) is 2. The van der Waals surface area contributed by atoms with E-state index < -0.39 is 0 Å². The van der Waals surface area contributed by atoms with Crippen molar-refractivity contribution in [1.29, 1.82) is 0 Å². The van der Waals surface area contributed by atoms with Crippen LogP contribution in [0, 0.1) is 10.9 Å². The maximum atomic E-state index is 12.6. The Hall–Kier alpha value is -2.95. The molecular weight excluding hydrogens is 476 g/mol. The Balaban J connectivity index is 1.51. The highest BCUT2D eigenvalue weighted by Gasteiger charge is 2.15. The van der Waals surface area contributed by atoms with Crippen LogP contribution in [0.2, 0.25) is 0 Å². The van der Waals surface area contributed by atoms with Gasteiger partial charge >= 0.3 is 0 Å². The highest BCUT2D eigenvalue weighted by atomic mass is 32.2. The Bertz CT molecular complexity index is 1390. The number of nitrogens with one attached hydrogen (secondary N) is 2. The molecule has 33 heavy (non-hydrogen) atoms. The minimum Gasteiger partial charge on any atom is -0.494 e. The van der Waals surface area contributed by atoms with E-state index in [1.807, 2.05) is 62.4 Å². The third-order valence-electron chi connectivity index (χ3n) is 4.78. The van der Waals surface area contributed by atoms with Crippen LogP contribution in [0.3, 0.4) is 0 Å². The predicted molar refractivity (Wildman–Crippen MR) is 135 cm³/mol. The first-order chi connectivity index (χ1) is 15.9. The average molecular weight is 499 g/mol. The largest absolute Gasteiger partial charge is 0.494 e. The van der Waals surface area contributed by atoms with E-state index in [0.717, 1.165) is 17.0 Å². The minimum absolute atomic E-state index is 0.133. The molecule has 0 saturated heterocycles. The molecule has 0 atom stereocenters. The number of amides is 1. The van der Waals surface area contributed by atoms with E-state index in [-0.39, 0.29) is 17.2 Å². The summed E-state index contributed by atoms with van der Waals surface area (Å²) in [5.41, 5.74) is 3.19. The molecule has 2 N–H and O–H groups in total. The predicted octanol–water partition coefficient (Wildman–Crippen LogP) is 4.62. The number of carbonyl (C=O) groups excluding carboxylic acids is 1. The lowest BCUT2D eigenvalue weighted by Gasteiger charge is -2.08. The van der Waals surface area contributed by atoms with Crippen molar-refractivity contribution >= 4 is 51.6 Å². The second-order valence-electron chi connectivity index (χ2n) is 7.21. The zero-order valence-corrected chi connectivity index (χ0v) is 20.5. The Morgan fingerprint density at radius 2 is 1.94 bits per heavy atom. The van der Waals surface area contributed by atoms with Crippen molar-refractivity contribution in [3.8, 4) is 11.4 Å². The Morgan fingerprint density at radius 1 is 1.21 bits per heavy atom. The zero-order valence-electron chi connectivity index (χ0n) is 18.1. The summed E-state index contributed by atoms with van der Waals surface area (Å²) in [4.78, 5) is 32.3. The van der Waals surface area contributed by atoms with Crippen LogP contribution in [-0.4, -0.2) is 32.8 Å². The number of carbonyl (C=O) groups is 1. The summed E-state index contributed by atoms with van der Waals surface area (Å²) in [7, 11) is 0. The molecule has 170 valence electrons. The lowest BCUT2D eigenvalue weighted by Crippen LogP contribution is -2.24. The molecule has 0 aliphatic carbocycles. The lowest BCUT2D eigenvalue weighted by atomic mass is 10.1. The first-order valence-corrected chi connectivity index (χ1v) is 12.5. The van der Waals surface area contributed by atoms with Crippen molar-refractivity contribution in [1.82, 2.24) is 19.9 Å². The summed E-state index contributed by atoms with van der Waals surface area (Å²) >= 11 is 7.89. The molecule has 0 saturated carbocycles. The molecule has 10 heteroatoms. The van der Waals surface area contributed by atoms with Crippen molar-refractivity contribution < 1.29 is 9.53 Å². The van der Waals surface area contributed by atoms with Crippen molar-refractivity contribution in [2.24, 2.45) is 0 Å². The van der Waals surface area contributed by atoms with Crippen LogP contribution in [0.1, 0.15) is 18.1 Å². The second-order valence-corrected chi connectivity index (χ2v) is 9.81. The molecule has 2 aromatic heterocycles. The molecular formula is C23H22N4O3S3. The minimum atomic E-state index is -0.275. The number of aromatic amines is 1. The number of hydrogen-bond donors (Lipinski definition) is 2. The van der Waals surface area contributed by atoms with E-state index in [9.17, 15) is 9.59 Å². The number of aryl methyl sites for hydroxylation is 1. The van der Waals surface area contributed by atoms with E-state index >= 15 is 0 Å². The van der Waals surface area contributed by atoms with Crippen LogP contribution in [0.25, 0.3) is 16.0 Å². The van der Waals surface area contributed by atoms with Crippen LogP contribution >= 0.6 is 35.3 Å². The zero-order chi connectivity index (χ0) is 23.4. The first-order valence-electron chi connectivity index (χ1n) is 10.3. The summed E-state index contributed by atoms with van der Waals surface area (Å²) in [5, 5.41) is 3.25. The van der Waals surface area contributed by atoms with E-state index in [4.69, 9.17) is 17.0 Å². The fourth-order valence-electron chi connectivity index (χ4n) is 3.14. The van der Waals surface area contributed by atoms with Crippen LogP contribution in [0.4, 0.5) is 0 Å². The number of thioether (sulfide) groups is 1. The van der Waals surface area contributed by atoms with Gasteiger partial charge in [-0.15, -0.1) is 0 Å². The van der Waals surface area contributed by atoms with Gasteiger partial charge in [0.2, 0.25) is 5.91 Å². The van der Waals surface area contributed by atoms with Gasteiger partial charge in [-0.1, -0.05) is 52.9 Å². The molecule has 0 radical (unpaired) electrons. The van der Waals surface area contributed by atoms with Gasteiger partial charge in [0, 0.05) is 12.2 Å². The molecule has 7 nitrogen and oxygen atoms in total. The summed E-state index contributed by atoms with van der Waals surface area (Å²) < 4.78 is 8.23. The number of H-pyrrole nitrogens is 1. The van der Waals surface area contributed by atoms with Crippen LogP contribution < -0.4 is 15.6 Å². The van der Waals surface area contributed by atoms with Gasteiger partial charge < -0.3 is 15.0 Å². The van der Waals surface area contributed by atoms with Crippen molar-refractivity contribution in [3.63, 3.8) is 0 Å². The summed E-state index contributed by atoms with van der Waals surface area (Å²) in [6.45, 7) is 4.97. The molecule has 1 amide bonds. The number of thiazole rings is 1. The molecule has 0 spiro atoms. The molecule has 2 aromatic carbocycles. The fourth-order valence-corrected chi connectivity index (χ4v) is 5.10. The molecule has 4 aromatic rings. The highest BCUT2D eigenvalue weighted by Crippen LogP contribution is 2.25. The van der Waals surface area contributed by atoms with E-state index in [1.165, 1.54) is 28.7 Å². The van der Waals surface area contributed by atoms with E-state index in [1.54, 1.807) is 4.57 Å². The normalized spacial score (nSPS) is 11.0. The highest BCUT2D eigenvalue weighted by molar-refractivity contribution is 7.99. The Morgan fingerprint density at radius 3 is 2.64 bits per heavy atom. The Kier molecular flexibility index (Phi) is 7.26. The van der Waals surface area contributed by atoms with Gasteiger partial charge in [0.15, 0.2) is 14.8 Å². The topological polar surface area (TPSA) is 89.0 Å². The van der Waals surface area contributed by atoms with Gasteiger partial charge in [0.1, 0.15) is 10.4 Å². The SMILES string of the molecule is CCOc1ccc(-n2c(=S)sc3c(=O)[nH]c(SCC(=O)NCc4ccc(C)cc4)nc32)cc1. The van der Waals surface area contributed by atoms with Gasteiger partial charge in [-0.25, -0.2) is 4.98 Å². The fraction of sp³-hybridized carbons (Fsp3) is 0.217. The van der Waals surface area contributed by atoms with E-state index in [0.29, 0.717) is 32.6 Å². The molecule has 0 aliphatic rings. The summed E-state index contributed by atoms with van der Waals surface area (Å²) in [6.07, 6.45) is 0. The van der Waals surface area contributed by atoms with E-state index in [2.05, 4.69) is 15.3 Å². The average Bonchev–Trinajstić information content (AvgIpc) is 3.14. The van der Waals surface area contributed by atoms with Gasteiger partial charge in [-0.2, -0.15) is 0 Å². The van der Waals surface area contributed by atoms with Crippen LogP contribution in [0.15, 0.2) is 58.5 Å². The third kappa shape index (κ3) is 5.52. The van der Waals surface area contributed by atoms with Crippen molar-refractivity contribution in [2.45, 2.75) is 25.5 Å². The molecule has 2 heterocycles. The lowest BCUT2D eigenvalue weighted by molar-refractivity contribution is -0.118. The third-order valence-corrected chi connectivity index (χ3v) is 7.01. The monoisotopic (exact) mass is 498 g/mol. The van der Waals surface area contributed by atoms with Crippen LogP contribution in [0.5, 0.6) is 5.75 Å². The molecule has 0 aliphatic heterocycles. The first kappa shape index (κ1) is 23.2. The maximum absolute atomic E-state index is 12.6. The van der Waals surface area contributed by atoms with Gasteiger partial charge in [-0.3, -0.25) is 14.2 Å². The van der Waals surface area contributed by atoms with Gasteiger partial charge in [-0.05, 0) is 55.9 Å². The standard InChI is InChI=1S/C23H22N4O3S3/c1-3-30-17-10-8-16(9-11-17)27-20-19(33-23(27)31)21(29)26-22(25-20)32-13-18(28)24-12-15-6-4-14(2)5-7-15/h4-11H,3,12-13H2,1-2H3,(H,24,28)(H,25,26,29). The quantitative estimate of drug-likeness (QED) is 0.209. The maximum Gasteiger partial charge on any atom is 0.271 e. The number of fused-ring (bicyclic) bond motifs is 1. The van der Waals surface area contributed by atoms with Gasteiger partial charge in [0.05, 0.1) is 12.4 Å². The van der Waals surface area contributed by atoms with Crippen molar-refractivity contribution in [3.05, 3.63) is 74.0 Å². The summed E-state index contributed by atoms with van der Waals surface area (Å²) in [5.74, 6) is 0.747. The number of rotatable bonds is 8. The van der Waals surface area contributed by atoms with Gasteiger partial charge in [0.25, 0.3) is 5.56 Å². The number of hydrogen-bond acceptors (Lipinski definition) is 7. The van der Waals surface area contributed by atoms with Crippen molar-refractivity contribution in [2.75, 3.05) is 12.4 Å². The van der Waals surface area contributed by atoms with Crippen LogP contribution in [-0.2, 0) is 11.3 Å². The molecule has 0 fully saturated rings.